The van der Waals surface area contributed by atoms with Crippen molar-refractivity contribution in [1.82, 2.24) is 15.5 Å². The largest absolute Gasteiger partial charge is 0.391 e. The predicted octanol–water partition coefficient (Wildman–Crippen LogP) is 1.84. The van der Waals surface area contributed by atoms with E-state index >= 15 is 0 Å². The summed E-state index contributed by atoms with van der Waals surface area (Å²) in [5, 5.41) is 5.80. The molecule has 0 saturated carbocycles. The van der Waals surface area contributed by atoms with E-state index in [2.05, 4.69) is 32.7 Å². The third-order valence-electron chi connectivity index (χ3n) is 3.13. The van der Waals surface area contributed by atoms with E-state index in [1.807, 2.05) is 19.3 Å². The smallest absolute Gasteiger partial charge is 0.313 e. The van der Waals surface area contributed by atoms with Crippen LogP contribution in [0.15, 0.2) is 29.5 Å². The molecule has 0 fully saturated rings. The molecule has 7 heteroatoms. The molecule has 0 bridgehead atoms. The van der Waals surface area contributed by atoms with Gasteiger partial charge in [-0.2, -0.15) is 0 Å². The SMILES string of the molecule is C1=CNCCC1.CCN1C=CCCC1NC(N)=O.CCN=C=O. The Kier molecular flexibility index (Phi) is 13.2. The van der Waals surface area contributed by atoms with Crippen molar-refractivity contribution in [2.45, 2.75) is 45.7 Å². The number of carbonyl (C=O) groups is 1. The van der Waals surface area contributed by atoms with Gasteiger partial charge in [0.25, 0.3) is 0 Å². The number of amides is 2. The van der Waals surface area contributed by atoms with Crippen LogP contribution in [0.1, 0.15) is 39.5 Å². The van der Waals surface area contributed by atoms with Crippen LogP contribution in [0.4, 0.5) is 4.79 Å². The molecule has 0 radical (unpaired) electrons. The summed E-state index contributed by atoms with van der Waals surface area (Å²) in [6.45, 7) is 6.43. The number of nitrogens with two attached hydrogens (primary N) is 1. The molecule has 0 aromatic carbocycles. The molecule has 0 aromatic rings. The Morgan fingerprint density at radius 3 is 2.57 bits per heavy atom. The van der Waals surface area contributed by atoms with Gasteiger partial charge in [0.1, 0.15) is 6.17 Å². The number of hydrogen-bond acceptors (Lipinski definition) is 5. The first-order chi connectivity index (χ1) is 11.2. The second-order valence-electron chi connectivity index (χ2n) is 4.88. The lowest BCUT2D eigenvalue weighted by molar-refractivity contribution is 0.205. The summed E-state index contributed by atoms with van der Waals surface area (Å²) in [6.07, 6.45) is 14.2. The Morgan fingerprint density at radius 1 is 1.43 bits per heavy atom. The van der Waals surface area contributed by atoms with Crippen molar-refractivity contribution in [3.8, 4) is 0 Å². The van der Waals surface area contributed by atoms with Crippen LogP contribution >= 0.6 is 0 Å². The number of aliphatic imine (C=N–C) groups is 1. The van der Waals surface area contributed by atoms with E-state index in [0.29, 0.717) is 6.54 Å². The van der Waals surface area contributed by atoms with Gasteiger partial charge in [-0.1, -0.05) is 12.2 Å². The molecule has 0 aromatic heterocycles. The molecule has 1 unspecified atom stereocenters. The van der Waals surface area contributed by atoms with Gasteiger partial charge in [-0.25, -0.2) is 14.6 Å². The summed E-state index contributed by atoms with van der Waals surface area (Å²) >= 11 is 0. The summed E-state index contributed by atoms with van der Waals surface area (Å²) < 4.78 is 0. The van der Waals surface area contributed by atoms with E-state index in [1.165, 1.54) is 18.9 Å². The highest BCUT2D eigenvalue weighted by Gasteiger charge is 2.16. The van der Waals surface area contributed by atoms with Crippen LogP contribution in [0.2, 0.25) is 0 Å². The van der Waals surface area contributed by atoms with Crippen molar-refractivity contribution in [3.63, 3.8) is 0 Å². The molecular formula is C16H29N5O2. The maximum atomic E-state index is 10.6. The highest BCUT2D eigenvalue weighted by atomic mass is 16.2. The molecule has 130 valence electrons. The van der Waals surface area contributed by atoms with Crippen molar-refractivity contribution >= 4 is 12.1 Å². The third kappa shape index (κ3) is 12.0. The number of nitrogens with one attached hydrogen (secondary N) is 2. The lowest BCUT2D eigenvalue weighted by atomic mass is 10.2. The van der Waals surface area contributed by atoms with Gasteiger partial charge in [-0.05, 0) is 51.9 Å². The van der Waals surface area contributed by atoms with Crippen LogP contribution in [0.25, 0.3) is 0 Å². The lowest BCUT2D eigenvalue weighted by Crippen LogP contribution is -2.48. The fourth-order valence-electron chi connectivity index (χ4n) is 2.02. The van der Waals surface area contributed by atoms with Crippen molar-refractivity contribution in [2.75, 3.05) is 19.6 Å². The van der Waals surface area contributed by atoms with Gasteiger partial charge in [0.15, 0.2) is 0 Å². The van der Waals surface area contributed by atoms with E-state index in [9.17, 15) is 4.79 Å². The third-order valence-corrected chi connectivity index (χ3v) is 3.13. The molecular weight excluding hydrogens is 294 g/mol. The number of carbonyl (C=O) groups excluding carboxylic acids is 2. The highest BCUT2D eigenvalue weighted by Crippen LogP contribution is 2.11. The molecule has 2 aliphatic rings. The summed E-state index contributed by atoms with van der Waals surface area (Å²) in [4.78, 5) is 24.9. The first kappa shape index (κ1) is 20.7. The number of isocyanates is 1. The van der Waals surface area contributed by atoms with Crippen molar-refractivity contribution in [1.29, 1.82) is 0 Å². The molecule has 0 aliphatic carbocycles. The standard InChI is InChI=1S/C8H15N3O.C5H9N.C3H5NO/c1-2-11-6-4-3-5-7(11)10-8(9)12;1-2-4-6-5-3-1;1-2-4-3-5/h4,6-7H,2-3,5H2,1H3,(H3,9,10,12);2,4,6H,1,3,5H2;2H2,1H3. The fourth-order valence-corrected chi connectivity index (χ4v) is 2.02. The topological polar surface area (TPSA) is 99.8 Å². The molecule has 2 amide bonds. The Labute approximate surface area is 138 Å². The van der Waals surface area contributed by atoms with E-state index < -0.39 is 6.03 Å². The van der Waals surface area contributed by atoms with Gasteiger partial charge in [-0.15, -0.1) is 0 Å². The summed E-state index contributed by atoms with van der Waals surface area (Å²) in [6, 6.07) is -0.450. The van der Waals surface area contributed by atoms with E-state index in [-0.39, 0.29) is 6.17 Å². The van der Waals surface area contributed by atoms with Crippen LogP contribution in [0, 0.1) is 0 Å². The number of urea groups is 1. The molecule has 23 heavy (non-hydrogen) atoms. The molecule has 2 aliphatic heterocycles. The molecule has 1 atom stereocenters. The van der Waals surface area contributed by atoms with Crippen molar-refractivity contribution in [2.24, 2.45) is 10.7 Å². The van der Waals surface area contributed by atoms with Crippen LogP contribution in [0.5, 0.6) is 0 Å². The number of allylic oxidation sites excluding steroid dienone is 2. The average Bonchev–Trinajstić information content (AvgIpc) is 2.58. The number of primary amides is 1. The minimum atomic E-state index is -0.450. The van der Waals surface area contributed by atoms with E-state index in [4.69, 9.17) is 10.5 Å². The molecule has 0 spiro atoms. The average molecular weight is 323 g/mol. The summed E-state index contributed by atoms with van der Waals surface area (Å²) in [7, 11) is 0. The van der Waals surface area contributed by atoms with Crippen molar-refractivity contribution < 1.29 is 9.59 Å². The first-order valence-electron chi connectivity index (χ1n) is 8.06. The first-order valence-corrected chi connectivity index (χ1v) is 8.06. The zero-order valence-corrected chi connectivity index (χ0v) is 14.1. The lowest BCUT2D eigenvalue weighted by Gasteiger charge is -2.32. The zero-order chi connectivity index (χ0) is 17.3. The van der Waals surface area contributed by atoms with Crippen LogP contribution in [-0.2, 0) is 4.79 Å². The summed E-state index contributed by atoms with van der Waals surface area (Å²) in [5.41, 5.74) is 5.04. The number of hydrogen-bond donors (Lipinski definition) is 3. The van der Waals surface area contributed by atoms with Gasteiger partial charge in [0.2, 0.25) is 6.08 Å². The van der Waals surface area contributed by atoms with Crippen LogP contribution in [0.3, 0.4) is 0 Å². The van der Waals surface area contributed by atoms with Gasteiger partial charge in [0.05, 0.1) is 0 Å². The Bertz CT molecular complexity index is 409. The maximum Gasteiger partial charge on any atom is 0.313 e. The maximum absolute atomic E-state index is 10.6. The van der Waals surface area contributed by atoms with E-state index in [1.54, 1.807) is 6.92 Å². The van der Waals surface area contributed by atoms with Crippen LogP contribution in [-0.4, -0.2) is 42.8 Å². The second-order valence-corrected chi connectivity index (χ2v) is 4.88. The molecule has 2 heterocycles. The second kappa shape index (κ2) is 14.7. The van der Waals surface area contributed by atoms with Gasteiger partial charge < -0.3 is 21.3 Å². The van der Waals surface area contributed by atoms with Crippen molar-refractivity contribution in [3.05, 3.63) is 24.6 Å². The highest BCUT2D eigenvalue weighted by molar-refractivity contribution is 5.71. The quantitative estimate of drug-likeness (QED) is 0.545. The number of rotatable bonds is 3. The van der Waals surface area contributed by atoms with E-state index in [0.717, 1.165) is 25.9 Å². The molecule has 0 saturated heterocycles. The minimum Gasteiger partial charge on any atom is -0.391 e. The normalized spacial score (nSPS) is 18.2. The van der Waals surface area contributed by atoms with Gasteiger partial charge >= 0.3 is 6.03 Å². The minimum absolute atomic E-state index is 0.0810. The Hall–Kier alpha value is -2.27. The Balaban J connectivity index is 0.000000367. The monoisotopic (exact) mass is 323 g/mol. The fraction of sp³-hybridized carbons (Fsp3) is 0.625. The van der Waals surface area contributed by atoms with Gasteiger partial charge in [-0.3, -0.25) is 0 Å². The zero-order valence-electron chi connectivity index (χ0n) is 14.1. The number of nitrogens with zero attached hydrogens (tertiary/aromatic N) is 2. The summed E-state index contributed by atoms with van der Waals surface area (Å²) in [5.74, 6) is 0. The predicted molar refractivity (Wildman–Crippen MR) is 92.3 cm³/mol. The molecule has 2 rings (SSSR count). The molecule has 4 N–H and O–H groups in total. The van der Waals surface area contributed by atoms with Gasteiger partial charge in [0, 0.05) is 19.6 Å². The Morgan fingerprint density at radius 2 is 2.22 bits per heavy atom. The molecule has 7 nitrogen and oxygen atoms in total. The van der Waals surface area contributed by atoms with Crippen LogP contribution < -0.4 is 16.4 Å².